The number of rotatable bonds is 2. The van der Waals surface area contributed by atoms with Gasteiger partial charge in [-0.3, -0.25) is 9.59 Å². The molecule has 90 valence electrons. The highest BCUT2D eigenvalue weighted by Gasteiger charge is 2.35. The largest absolute Gasteiger partial charge is 0.378 e. The SMILES string of the molecule is CCN1CC(C(=O)N2CCOCC2)CC1=O. The number of hydrogen-bond donors (Lipinski definition) is 0. The molecule has 5 heteroatoms. The third-order valence-corrected chi connectivity index (χ3v) is 3.27. The molecule has 2 rings (SSSR count). The molecule has 0 aliphatic carbocycles. The molecular formula is C11H18N2O3. The Bertz CT molecular complexity index is 287. The molecule has 0 aromatic rings. The highest BCUT2D eigenvalue weighted by Crippen LogP contribution is 2.20. The van der Waals surface area contributed by atoms with Crippen molar-refractivity contribution in [2.45, 2.75) is 13.3 Å². The van der Waals surface area contributed by atoms with Gasteiger partial charge in [-0.05, 0) is 6.92 Å². The fourth-order valence-corrected chi connectivity index (χ4v) is 2.29. The van der Waals surface area contributed by atoms with Crippen LogP contribution >= 0.6 is 0 Å². The van der Waals surface area contributed by atoms with Crippen LogP contribution in [0.2, 0.25) is 0 Å². The summed E-state index contributed by atoms with van der Waals surface area (Å²) in [5, 5.41) is 0. The molecule has 0 spiro atoms. The minimum absolute atomic E-state index is 0.106. The zero-order valence-corrected chi connectivity index (χ0v) is 9.65. The van der Waals surface area contributed by atoms with E-state index in [4.69, 9.17) is 4.74 Å². The zero-order chi connectivity index (χ0) is 11.5. The van der Waals surface area contributed by atoms with Crippen LogP contribution in [0.4, 0.5) is 0 Å². The molecule has 0 radical (unpaired) electrons. The Hall–Kier alpha value is -1.10. The minimum Gasteiger partial charge on any atom is -0.378 e. The predicted molar refractivity (Wildman–Crippen MR) is 57.8 cm³/mol. The van der Waals surface area contributed by atoms with Crippen molar-refractivity contribution >= 4 is 11.8 Å². The standard InChI is InChI=1S/C11H18N2O3/c1-2-12-8-9(7-10(12)14)11(15)13-3-5-16-6-4-13/h9H,2-8H2,1H3. The summed E-state index contributed by atoms with van der Waals surface area (Å²) in [5.41, 5.74) is 0. The number of likely N-dealkylation sites (tertiary alicyclic amines) is 1. The molecule has 16 heavy (non-hydrogen) atoms. The van der Waals surface area contributed by atoms with E-state index in [9.17, 15) is 9.59 Å². The smallest absolute Gasteiger partial charge is 0.228 e. The summed E-state index contributed by atoms with van der Waals surface area (Å²) in [6.07, 6.45) is 0.379. The minimum atomic E-state index is -0.134. The van der Waals surface area contributed by atoms with Crippen LogP contribution in [0.3, 0.4) is 0 Å². The average molecular weight is 226 g/mol. The van der Waals surface area contributed by atoms with Crippen LogP contribution in [0.1, 0.15) is 13.3 Å². The van der Waals surface area contributed by atoms with Gasteiger partial charge in [-0.15, -0.1) is 0 Å². The third-order valence-electron chi connectivity index (χ3n) is 3.27. The van der Waals surface area contributed by atoms with E-state index in [2.05, 4.69) is 0 Å². The van der Waals surface area contributed by atoms with Gasteiger partial charge in [0, 0.05) is 32.6 Å². The molecule has 0 N–H and O–H groups in total. The number of carbonyl (C=O) groups is 2. The topological polar surface area (TPSA) is 49.9 Å². The molecule has 2 aliphatic rings. The lowest BCUT2D eigenvalue weighted by atomic mass is 10.1. The molecular weight excluding hydrogens is 208 g/mol. The van der Waals surface area contributed by atoms with E-state index in [0.29, 0.717) is 45.8 Å². The molecule has 0 aromatic heterocycles. The van der Waals surface area contributed by atoms with E-state index >= 15 is 0 Å². The van der Waals surface area contributed by atoms with Crippen LogP contribution in [0.5, 0.6) is 0 Å². The number of hydrogen-bond acceptors (Lipinski definition) is 3. The van der Waals surface area contributed by atoms with Gasteiger partial charge < -0.3 is 14.5 Å². The maximum absolute atomic E-state index is 12.1. The van der Waals surface area contributed by atoms with Crippen molar-refractivity contribution in [1.82, 2.24) is 9.80 Å². The Morgan fingerprint density at radius 3 is 2.69 bits per heavy atom. The highest BCUT2D eigenvalue weighted by atomic mass is 16.5. The first kappa shape index (κ1) is 11.4. The molecule has 0 saturated carbocycles. The Kier molecular flexibility index (Phi) is 3.43. The number of morpholine rings is 1. The molecule has 1 unspecified atom stereocenters. The molecule has 5 nitrogen and oxygen atoms in total. The summed E-state index contributed by atoms with van der Waals surface area (Å²) < 4.78 is 5.20. The van der Waals surface area contributed by atoms with E-state index in [0.717, 1.165) is 0 Å². The lowest BCUT2D eigenvalue weighted by Gasteiger charge is -2.29. The second-order valence-corrected chi connectivity index (χ2v) is 4.27. The second-order valence-electron chi connectivity index (χ2n) is 4.27. The molecule has 2 aliphatic heterocycles. The third kappa shape index (κ3) is 2.19. The molecule has 1 atom stereocenters. The van der Waals surface area contributed by atoms with Crippen LogP contribution in [-0.4, -0.2) is 61.0 Å². The van der Waals surface area contributed by atoms with Crippen molar-refractivity contribution in [1.29, 1.82) is 0 Å². The van der Waals surface area contributed by atoms with Gasteiger partial charge in [-0.1, -0.05) is 0 Å². The van der Waals surface area contributed by atoms with E-state index in [1.54, 1.807) is 4.90 Å². The summed E-state index contributed by atoms with van der Waals surface area (Å²) >= 11 is 0. The van der Waals surface area contributed by atoms with E-state index in [1.807, 2.05) is 11.8 Å². The van der Waals surface area contributed by atoms with Gasteiger partial charge in [-0.2, -0.15) is 0 Å². The molecule has 0 bridgehead atoms. The number of carbonyl (C=O) groups excluding carboxylic acids is 2. The summed E-state index contributed by atoms with van der Waals surface area (Å²) in [6.45, 7) is 5.79. The van der Waals surface area contributed by atoms with E-state index in [1.165, 1.54) is 0 Å². The van der Waals surface area contributed by atoms with Crippen LogP contribution in [-0.2, 0) is 14.3 Å². The number of nitrogens with zero attached hydrogens (tertiary/aromatic N) is 2. The van der Waals surface area contributed by atoms with Crippen LogP contribution < -0.4 is 0 Å². The summed E-state index contributed by atoms with van der Waals surface area (Å²) in [7, 11) is 0. The van der Waals surface area contributed by atoms with Crippen molar-refractivity contribution in [3.8, 4) is 0 Å². The summed E-state index contributed by atoms with van der Waals surface area (Å²) in [6, 6.07) is 0. The quantitative estimate of drug-likeness (QED) is 0.650. The molecule has 2 saturated heterocycles. The van der Waals surface area contributed by atoms with Gasteiger partial charge in [0.15, 0.2) is 0 Å². The lowest BCUT2D eigenvalue weighted by molar-refractivity contribution is -0.139. The van der Waals surface area contributed by atoms with Crippen LogP contribution in [0, 0.1) is 5.92 Å². The van der Waals surface area contributed by atoms with Gasteiger partial charge in [0.25, 0.3) is 0 Å². The first-order valence-electron chi connectivity index (χ1n) is 5.86. The summed E-state index contributed by atoms with van der Waals surface area (Å²) in [4.78, 5) is 27.2. The van der Waals surface area contributed by atoms with Crippen molar-refractivity contribution in [3.05, 3.63) is 0 Å². The molecule has 0 aromatic carbocycles. The number of ether oxygens (including phenoxy) is 1. The normalized spacial score (nSPS) is 26.3. The fourth-order valence-electron chi connectivity index (χ4n) is 2.29. The Labute approximate surface area is 95.3 Å². The Morgan fingerprint density at radius 2 is 2.12 bits per heavy atom. The van der Waals surface area contributed by atoms with Crippen LogP contribution in [0.15, 0.2) is 0 Å². The number of amides is 2. The van der Waals surface area contributed by atoms with Crippen molar-refractivity contribution < 1.29 is 14.3 Å². The maximum Gasteiger partial charge on any atom is 0.228 e. The van der Waals surface area contributed by atoms with E-state index < -0.39 is 0 Å². The van der Waals surface area contributed by atoms with Crippen molar-refractivity contribution in [2.24, 2.45) is 5.92 Å². The molecule has 2 heterocycles. The van der Waals surface area contributed by atoms with Crippen LogP contribution in [0.25, 0.3) is 0 Å². The van der Waals surface area contributed by atoms with Crippen molar-refractivity contribution in [2.75, 3.05) is 39.4 Å². The molecule has 2 fully saturated rings. The van der Waals surface area contributed by atoms with Gasteiger partial charge in [0.05, 0.1) is 19.1 Å². The van der Waals surface area contributed by atoms with E-state index in [-0.39, 0.29) is 17.7 Å². The van der Waals surface area contributed by atoms with Crippen molar-refractivity contribution in [3.63, 3.8) is 0 Å². The lowest BCUT2D eigenvalue weighted by Crippen LogP contribution is -2.44. The van der Waals surface area contributed by atoms with Gasteiger partial charge >= 0.3 is 0 Å². The zero-order valence-electron chi connectivity index (χ0n) is 9.65. The van der Waals surface area contributed by atoms with Gasteiger partial charge in [-0.25, -0.2) is 0 Å². The van der Waals surface area contributed by atoms with Gasteiger partial charge in [0.2, 0.25) is 11.8 Å². The predicted octanol–water partition coefficient (Wildman–Crippen LogP) is -0.286. The Morgan fingerprint density at radius 1 is 1.44 bits per heavy atom. The van der Waals surface area contributed by atoms with Gasteiger partial charge in [0.1, 0.15) is 0 Å². The first-order valence-corrected chi connectivity index (χ1v) is 5.86. The monoisotopic (exact) mass is 226 g/mol. The fraction of sp³-hybridized carbons (Fsp3) is 0.818. The average Bonchev–Trinajstić information content (AvgIpc) is 2.71. The second kappa shape index (κ2) is 4.82. The first-order chi connectivity index (χ1) is 7.72. The summed E-state index contributed by atoms with van der Waals surface area (Å²) in [5.74, 6) is 0.0901. The Balaban J connectivity index is 1.92. The molecule has 2 amide bonds. The maximum atomic E-state index is 12.1. The highest BCUT2D eigenvalue weighted by molar-refractivity contribution is 5.89.